The molecule has 2 aromatic carbocycles. The number of benzene rings is 2. The summed E-state index contributed by atoms with van der Waals surface area (Å²) in [5, 5.41) is 8.84. The Labute approximate surface area is 196 Å². The Kier molecular flexibility index (Phi) is 6.53. The van der Waals surface area contributed by atoms with E-state index in [-0.39, 0.29) is 22.5 Å². The highest BCUT2D eigenvalue weighted by Crippen LogP contribution is 2.20. The number of carbonyl (C=O) groups is 1. The highest BCUT2D eigenvalue weighted by atomic mass is 79.9. The molecule has 2 heterocycles. The van der Waals surface area contributed by atoms with Crippen molar-refractivity contribution in [1.29, 1.82) is 0 Å². The highest BCUT2D eigenvalue weighted by molar-refractivity contribution is 9.10. The maximum atomic E-state index is 12.5. The summed E-state index contributed by atoms with van der Waals surface area (Å²) >= 11 is 4.54. The maximum Gasteiger partial charge on any atom is 0.276 e. The third-order valence-electron chi connectivity index (χ3n) is 4.13. The third kappa shape index (κ3) is 5.52. The van der Waals surface area contributed by atoms with Crippen molar-refractivity contribution < 1.29 is 17.9 Å². The van der Waals surface area contributed by atoms with Crippen LogP contribution in [0.5, 0.6) is 5.75 Å². The van der Waals surface area contributed by atoms with Crippen molar-refractivity contribution in [2.45, 2.75) is 11.6 Å². The fourth-order valence-corrected chi connectivity index (χ4v) is 4.64. The molecule has 0 bridgehead atoms. The summed E-state index contributed by atoms with van der Waals surface area (Å²) in [5.74, 6) is 0.248. The number of hydrogen-bond acceptors (Lipinski definition) is 7. The number of nitrogens with zero attached hydrogens (tertiary/aromatic N) is 3. The number of nitrogens with one attached hydrogen (secondary N) is 2. The van der Waals surface area contributed by atoms with Gasteiger partial charge in [0.05, 0.1) is 4.90 Å². The quantitative estimate of drug-likeness (QED) is 0.350. The van der Waals surface area contributed by atoms with Crippen LogP contribution in [0.15, 0.2) is 81.7 Å². The van der Waals surface area contributed by atoms with Crippen LogP contribution >= 0.6 is 27.3 Å². The van der Waals surface area contributed by atoms with Crippen molar-refractivity contribution in [3.05, 3.63) is 82.5 Å². The number of ether oxygens (including phenoxy) is 1. The number of amides is 1. The number of anilines is 2. The summed E-state index contributed by atoms with van der Waals surface area (Å²) in [6.07, 6.45) is 3.14. The van der Waals surface area contributed by atoms with Gasteiger partial charge in [-0.15, -0.1) is 11.3 Å². The molecule has 2 aromatic heterocycles. The molecule has 0 saturated heterocycles. The van der Waals surface area contributed by atoms with E-state index in [1.54, 1.807) is 17.6 Å². The van der Waals surface area contributed by atoms with Crippen LogP contribution in [0.3, 0.4) is 0 Å². The van der Waals surface area contributed by atoms with Crippen molar-refractivity contribution in [2.75, 3.05) is 10.0 Å². The largest absolute Gasteiger partial charge is 0.471 e. The number of sulfonamides is 1. The molecule has 0 aliphatic carbocycles. The number of carbonyl (C=O) groups excluding carboxylic acids is 1. The average molecular weight is 534 g/mol. The molecule has 1 amide bonds. The first kappa shape index (κ1) is 22.0. The fourth-order valence-electron chi connectivity index (χ4n) is 2.59. The summed E-state index contributed by atoms with van der Waals surface area (Å²) in [6.45, 7) is 0.146. The molecule has 0 aliphatic heterocycles. The molecule has 4 rings (SSSR count). The molecule has 0 saturated carbocycles. The number of thiazole rings is 1. The minimum absolute atomic E-state index is 0.0556. The molecule has 32 heavy (non-hydrogen) atoms. The molecule has 164 valence electrons. The van der Waals surface area contributed by atoms with E-state index in [9.17, 15) is 13.2 Å². The van der Waals surface area contributed by atoms with Crippen molar-refractivity contribution in [3.63, 3.8) is 0 Å². The van der Waals surface area contributed by atoms with Gasteiger partial charge in [0.1, 0.15) is 5.75 Å². The van der Waals surface area contributed by atoms with Gasteiger partial charge < -0.3 is 10.1 Å². The molecule has 0 atom stereocenters. The van der Waals surface area contributed by atoms with E-state index in [1.807, 2.05) is 24.3 Å². The summed E-state index contributed by atoms with van der Waals surface area (Å²) < 4.78 is 35.2. The molecule has 0 unspecified atom stereocenters. The zero-order valence-corrected chi connectivity index (χ0v) is 19.5. The smallest absolute Gasteiger partial charge is 0.276 e. The lowest BCUT2D eigenvalue weighted by atomic mass is 10.3. The van der Waals surface area contributed by atoms with Crippen LogP contribution in [0.1, 0.15) is 10.5 Å². The molecule has 0 aliphatic rings. The topological polar surface area (TPSA) is 115 Å². The van der Waals surface area contributed by atoms with Gasteiger partial charge in [-0.05, 0) is 54.6 Å². The van der Waals surface area contributed by atoms with Gasteiger partial charge in [0.15, 0.2) is 17.6 Å². The number of hydrogen-bond donors (Lipinski definition) is 2. The van der Waals surface area contributed by atoms with E-state index in [1.165, 1.54) is 46.5 Å². The molecule has 0 fully saturated rings. The number of aromatic nitrogens is 3. The van der Waals surface area contributed by atoms with Gasteiger partial charge in [0, 0.05) is 27.9 Å². The van der Waals surface area contributed by atoms with Gasteiger partial charge in [0.2, 0.25) is 0 Å². The Hall–Kier alpha value is -3.22. The van der Waals surface area contributed by atoms with Crippen LogP contribution in [0.4, 0.5) is 10.8 Å². The molecule has 0 spiro atoms. The minimum Gasteiger partial charge on any atom is -0.471 e. The lowest BCUT2D eigenvalue weighted by molar-refractivity contribution is 0.102. The van der Waals surface area contributed by atoms with E-state index >= 15 is 0 Å². The van der Waals surface area contributed by atoms with Gasteiger partial charge in [0.25, 0.3) is 15.9 Å². The zero-order chi connectivity index (χ0) is 22.6. The van der Waals surface area contributed by atoms with E-state index in [4.69, 9.17) is 4.74 Å². The van der Waals surface area contributed by atoms with Gasteiger partial charge in [-0.25, -0.2) is 18.1 Å². The zero-order valence-electron chi connectivity index (χ0n) is 16.3. The second-order valence-corrected chi connectivity index (χ2v) is 9.88. The van der Waals surface area contributed by atoms with Crippen molar-refractivity contribution in [3.8, 4) is 5.75 Å². The van der Waals surface area contributed by atoms with Crippen molar-refractivity contribution >= 4 is 54.0 Å². The molecule has 2 N–H and O–H groups in total. The van der Waals surface area contributed by atoms with Gasteiger partial charge in [-0.3, -0.25) is 9.52 Å². The monoisotopic (exact) mass is 533 g/mol. The van der Waals surface area contributed by atoms with E-state index in [0.29, 0.717) is 11.4 Å². The lowest BCUT2D eigenvalue weighted by Crippen LogP contribution is -2.15. The normalized spacial score (nSPS) is 11.2. The van der Waals surface area contributed by atoms with Gasteiger partial charge >= 0.3 is 0 Å². The van der Waals surface area contributed by atoms with Crippen molar-refractivity contribution in [2.24, 2.45) is 0 Å². The third-order valence-corrected chi connectivity index (χ3v) is 6.83. The Morgan fingerprint density at radius 3 is 2.53 bits per heavy atom. The molecule has 4 aromatic rings. The highest BCUT2D eigenvalue weighted by Gasteiger charge is 2.16. The summed E-state index contributed by atoms with van der Waals surface area (Å²) in [7, 11) is -3.76. The van der Waals surface area contributed by atoms with E-state index < -0.39 is 15.9 Å². The first-order chi connectivity index (χ1) is 15.4. The van der Waals surface area contributed by atoms with Crippen LogP contribution in [0.2, 0.25) is 0 Å². The Morgan fingerprint density at radius 1 is 1.09 bits per heavy atom. The average Bonchev–Trinajstić information content (AvgIpc) is 3.46. The molecular formula is C20H16BrN5O4S2. The minimum atomic E-state index is -3.76. The van der Waals surface area contributed by atoms with Crippen LogP contribution < -0.4 is 14.8 Å². The Bertz CT molecular complexity index is 1310. The van der Waals surface area contributed by atoms with Crippen molar-refractivity contribution in [1.82, 2.24) is 14.8 Å². The standard InChI is InChI=1S/C20H16BrN5O4S2/c21-14-1-5-16(6-2-14)30-13-26-11-9-18(24-26)19(27)23-15-3-7-17(8-4-15)32(28,29)25-20-22-10-12-31-20/h1-12H,13H2,(H,22,25)(H,23,27). The molecule has 12 heteroatoms. The molecular weight excluding hydrogens is 518 g/mol. The predicted octanol–water partition coefficient (Wildman–Crippen LogP) is 4.19. The van der Waals surface area contributed by atoms with Gasteiger partial charge in [-0.1, -0.05) is 15.9 Å². The van der Waals surface area contributed by atoms with Crippen LogP contribution in [-0.4, -0.2) is 29.1 Å². The van der Waals surface area contributed by atoms with Crippen LogP contribution in [0, 0.1) is 0 Å². The molecule has 9 nitrogen and oxygen atoms in total. The summed E-state index contributed by atoms with van der Waals surface area (Å²) in [6, 6.07) is 14.7. The first-order valence-electron chi connectivity index (χ1n) is 9.15. The SMILES string of the molecule is O=C(Nc1ccc(S(=O)(=O)Nc2nccs2)cc1)c1ccn(COc2ccc(Br)cc2)n1. The van der Waals surface area contributed by atoms with Crippen LogP contribution in [0.25, 0.3) is 0 Å². The lowest BCUT2D eigenvalue weighted by Gasteiger charge is -2.07. The maximum absolute atomic E-state index is 12.5. The van der Waals surface area contributed by atoms with Crippen LogP contribution in [-0.2, 0) is 16.8 Å². The molecule has 0 radical (unpaired) electrons. The van der Waals surface area contributed by atoms with Gasteiger partial charge in [-0.2, -0.15) is 5.10 Å². The van der Waals surface area contributed by atoms with E-state index in [2.05, 4.69) is 36.1 Å². The number of halogens is 1. The second-order valence-electron chi connectivity index (χ2n) is 6.39. The summed E-state index contributed by atoms with van der Waals surface area (Å²) in [5.41, 5.74) is 0.635. The Morgan fingerprint density at radius 2 is 1.84 bits per heavy atom. The second kappa shape index (κ2) is 9.51. The summed E-state index contributed by atoms with van der Waals surface area (Å²) in [4.78, 5) is 16.4. The first-order valence-corrected chi connectivity index (χ1v) is 12.3. The Balaban J connectivity index is 1.35. The predicted molar refractivity (Wildman–Crippen MR) is 124 cm³/mol. The van der Waals surface area contributed by atoms with E-state index in [0.717, 1.165) is 4.47 Å². The number of rotatable bonds is 8. The fraction of sp³-hybridized carbons (Fsp3) is 0.0500.